The van der Waals surface area contributed by atoms with E-state index in [-0.39, 0.29) is 0 Å². The maximum atomic E-state index is 6.15. The van der Waals surface area contributed by atoms with Gasteiger partial charge < -0.3 is 9.47 Å². The van der Waals surface area contributed by atoms with E-state index in [1.807, 2.05) is 0 Å². The topological polar surface area (TPSA) is 18.5 Å². The van der Waals surface area contributed by atoms with Gasteiger partial charge in [0, 0.05) is 0 Å². The highest BCUT2D eigenvalue weighted by Crippen LogP contribution is 2.56. The van der Waals surface area contributed by atoms with Crippen LogP contribution in [-0.2, 0) is 18.3 Å². The van der Waals surface area contributed by atoms with E-state index in [2.05, 4.69) is 152 Å². The molecule has 0 heterocycles. The molecular formula is C59H80O2. The minimum absolute atomic E-state index is 0.415. The predicted octanol–water partition coefficient (Wildman–Crippen LogP) is 17.1. The summed E-state index contributed by atoms with van der Waals surface area (Å²) in [6.07, 6.45) is 23.1. The van der Waals surface area contributed by atoms with Crippen molar-refractivity contribution in [1.82, 2.24) is 0 Å². The van der Waals surface area contributed by atoms with Crippen molar-refractivity contribution in [1.29, 1.82) is 0 Å². The summed E-state index contributed by atoms with van der Waals surface area (Å²) in [4.78, 5) is 0. The van der Waals surface area contributed by atoms with E-state index in [9.17, 15) is 0 Å². The molecule has 0 unspecified atom stereocenters. The van der Waals surface area contributed by atoms with Crippen molar-refractivity contribution in [3.8, 4) is 22.6 Å². The van der Waals surface area contributed by atoms with E-state index in [1.165, 1.54) is 158 Å². The maximum Gasteiger partial charge on any atom is 0.119 e. The summed E-state index contributed by atoms with van der Waals surface area (Å²) >= 11 is 0. The van der Waals surface area contributed by atoms with Crippen LogP contribution in [0.4, 0.5) is 0 Å². The van der Waals surface area contributed by atoms with Crippen LogP contribution in [0.5, 0.6) is 11.5 Å². The second kappa shape index (κ2) is 25.0. The number of rotatable bonds is 24. The molecule has 0 bridgehead atoms. The molecule has 0 saturated heterocycles. The lowest BCUT2D eigenvalue weighted by Crippen LogP contribution is -2.28. The predicted molar refractivity (Wildman–Crippen MR) is 264 cm³/mol. The van der Waals surface area contributed by atoms with E-state index in [4.69, 9.17) is 9.47 Å². The molecule has 0 radical (unpaired) electrons. The van der Waals surface area contributed by atoms with Gasteiger partial charge in [0.25, 0.3) is 0 Å². The fraction of sp³-hybridized carbons (Fsp3) is 0.492. The minimum atomic E-state index is -0.415. The Morgan fingerprint density at radius 1 is 0.377 bits per heavy atom. The van der Waals surface area contributed by atoms with Gasteiger partial charge in [0.1, 0.15) is 11.5 Å². The van der Waals surface area contributed by atoms with Crippen LogP contribution in [0.3, 0.4) is 0 Å². The van der Waals surface area contributed by atoms with E-state index in [0.717, 1.165) is 37.6 Å². The van der Waals surface area contributed by atoms with Crippen molar-refractivity contribution >= 4 is 0 Å². The molecule has 0 amide bonds. The van der Waals surface area contributed by atoms with Gasteiger partial charge in [-0.15, -0.1) is 0 Å². The number of aryl methyl sites for hydroxylation is 6. The number of fused-ring (bicyclic) bond motifs is 3. The van der Waals surface area contributed by atoms with Crippen molar-refractivity contribution in [2.24, 2.45) is 0 Å². The first-order chi connectivity index (χ1) is 29.8. The molecule has 2 heteroatoms. The Kier molecular flexibility index (Phi) is 19.5. The molecule has 5 aromatic carbocycles. The van der Waals surface area contributed by atoms with Crippen LogP contribution in [0.15, 0.2) is 97.1 Å². The number of benzene rings is 5. The monoisotopic (exact) mass is 821 g/mol. The first-order valence-corrected chi connectivity index (χ1v) is 24.5. The van der Waals surface area contributed by atoms with Crippen molar-refractivity contribution in [3.05, 3.63) is 153 Å². The third-order valence-electron chi connectivity index (χ3n) is 13.0. The van der Waals surface area contributed by atoms with Gasteiger partial charge in [-0.05, 0) is 146 Å². The third-order valence-corrected chi connectivity index (χ3v) is 13.0. The van der Waals surface area contributed by atoms with E-state index < -0.39 is 5.41 Å². The number of hydrogen-bond donors (Lipinski definition) is 0. The molecule has 2 nitrogen and oxygen atoms in total. The molecule has 0 spiro atoms. The fourth-order valence-electron chi connectivity index (χ4n) is 9.34. The maximum absolute atomic E-state index is 6.15. The molecule has 5 aromatic rings. The molecule has 1 aliphatic rings. The average Bonchev–Trinajstić information content (AvgIpc) is 3.54. The standard InChI is InChI=1S/C39H46O2.C20H34/c1-5-7-9-11-25-40-33-19-15-31(16-20-33)39(32-17-21-34(22-18-32)41-26-12-10-8-6-2)37-27-29(3)13-23-35(37)36-24-14-30(4)28-38(36)39;1-5-7-9-11-13-19-15-18(4)20(16-17(19)3)14-12-10-8-6-2/h13-24,27-28H,5-12,25-26H2,1-4H3;15-16H,5-14H2,1-4H3. The Morgan fingerprint density at radius 2 is 0.738 bits per heavy atom. The lowest BCUT2D eigenvalue weighted by molar-refractivity contribution is 0.305. The van der Waals surface area contributed by atoms with Crippen molar-refractivity contribution in [3.63, 3.8) is 0 Å². The summed E-state index contributed by atoms with van der Waals surface area (Å²) in [7, 11) is 0. The molecule has 0 saturated carbocycles. The largest absolute Gasteiger partial charge is 0.494 e. The van der Waals surface area contributed by atoms with Crippen LogP contribution in [-0.4, -0.2) is 13.2 Å². The lowest BCUT2D eigenvalue weighted by Gasteiger charge is -2.34. The van der Waals surface area contributed by atoms with Crippen LogP contribution < -0.4 is 9.47 Å². The van der Waals surface area contributed by atoms with Gasteiger partial charge in [-0.3, -0.25) is 0 Å². The second-order valence-electron chi connectivity index (χ2n) is 18.0. The summed E-state index contributed by atoms with van der Waals surface area (Å²) in [5.41, 5.74) is 16.2. The van der Waals surface area contributed by atoms with E-state index in [0.29, 0.717) is 0 Å². The van der Waals surface area contributed by atoms with Gasteiger partial charge in [-0.1, -0.05) is 189 Å². The van der Waals surface area contributed by atoms with Crippen LogP contribution in [0, 0.1) is 27.7 Å². The van der Waals surface area contributed by atoms with E-state index in [1.54, 1.807) is 11.1 Å². The Hall–Kier alpha value is -4.30. The molecule has 0 aromatic heterocycles. The first kappa shape index (κ1) is 47.7. The minimum Gasteiger partial charge on any atom is -0.494 e. The van der Waals surface area contributed by atoms with Crippen LogP contribution in [0.2, 0.25) is 0 Å². The molecule has 6 rings (SSSR count). The van der Waals surface area contributed by atoms with E-state index >= 15 is 0 Å². The smallest absolute Gasteiger partial charge is 0.119 e. The van der Waals surface area contributed by atoms with Gasteiger partial charge in [-0.2, -0.15) is 0 Å². The Morgan fingerprint density at radius 3 is 1.10 bits per heavy atom. The number of unbranched alkanes of at least 4 members (excludes halogenated alkanes) is 12. The zero-order chi connectivity index (χ0) is 43.5. The van der Waals surface area contributed by atoms with Gasteiger partial charge in [0.15, 0.2) is 0 Å². The molecule has 61 heavy (non-hydrogen) atoms. The molecule has 328 valence electrons. The zero-order valence-electron chi connectivity index (χ0n) is 39.7. The lowest BCUT2D eigenvalue weighted by atomic mass is 9.67. The summed E-state index contributed by atoms with van der Waals surface area (Å²) in [5.74, 6) is 1.89. The van der Waals surface area contributed by atoms with Crippen LogP contribution in [0.1, 0.15) is 186 Å². The third kappa shape index (κ3) is 12.9. The number of hydrogen-bond acceptors (Lipinski definition) is 2. The quantitative estimate of drug-likeness (QED) is 0.0566. The first-order valence-electron chi connectivity index (χ1n) is 24.5. The highest BCUT2D eigenvalue weighted by molar-refractivity contribution is 5.86. The normalized spacial score (nSPS) is 12.4. The zero-order valence-corrected chi connectivity index (χ0v) is 39.7. The highest BCUT2D eigenvalue weighted by Gasteiger charge is 2.46. The highest BCUT2D eigenvalue weighted by atomic mass is 16.5. The Bertz CT molecular complexity index is 1890. The van der Waals surface area contributed by atoms with Gasteiger partial charge in [0.05, 0.1) is 18.6 Å². The van der Waals surface area contributed by atoms with Gasteiger partial charge in [-0.25, -0.2) is 0 Å². The van der Waals surface area contributed by atoms with Crippen LogP contribution >= 0.6 is 0 Å². The van der Waals surface area contributed by atoms with Crippen molar-refractivity contribution in [2.45, 2.75) is 176 Å². The SMILES string of the molecule is CCCCCCOc1ccc(C2(c3ccc(OCCCCCC)cc3)c3cc(C)ccc3-c3ccc(C)cc32)cc1.CCCCCCc1cc(C)c(CCCCCC)cc1C. The Balaban J connectivity index is 0.000000297. The molecule has 1 aliphatic carbocycles. The van der Waals surface area contributed by atoms with Gasteiger partial charge in [0.2, 0.25) is 0 Å². The van der Waals surface area contributed by atoms with Crippen LogP contribution in [0.25, 0.3) is 11.1 Å². The summed E-state index contributed by atoms with van der Waals surface area (Å²) in [6, 6.07) is 36.5. The van der Waals surface area contributed by atoms with Crippen molar-refractivity contribution < 1.29 is 9.47 Å². The molecule has 0 fully saturated rings. The summed E-state index contributed by atoms with van der Waals surface area (Å²) in [5, 5.41) is 0. The molecular weight excluding hydrogens is 741 g/mol. The second-order valence-corrected chi connectivity index (χ2v) is 18.0. The van der Waals surface area contributed by atoms with Gasteiger partial charge >= 0.3 is 0 Å². The Labute approximate surface area is 372 Å². The fourth-order valence-corrected chi connectivity index (χ4v) is 9.34. The average molecular weight is 821 g/mol. The van der Waals surface area contributed by atoms with Crippen molar-refractivity contribution in [2.75, 3.05) is 13.2 Å². The molecule has 0 N–H and O–H groups in total. The summed E-state index contributed by atoms with van der Waals surface area (Å²) in [6.45, 7) is 19.6. The molecule has 0 aliphatic heterocycles. The molecule has 0 atom stereocenters. The number of ether oxygens (including phenoxy) is 2. The summed E-state index contributed by atoms with van der Waals surface area (Å²) < 4.78 is 12.3.